The lowest BCUT2D eigenvalue weighted by atomic mass is 9.98. The number of hydrogen-bond acceptors (Lipinski definition) is 8. The van der Waals surface area contributed by atoms with Gasteiger partial charge in [-0.3, -0.25) is 5.10 Å². The van der Waals surface area contributed by atoms with E-state index >= 15 is 0 Å². The zero-order valence-electron chi connectivity index (χ0n) is 17.1. The zero-order valence-corrected chi connectivity index (χ0v) is 17.1. The van der Waals surface area contributed by atoms with Gasteiger partial charge in [-0.15, -0.1) is 0 Å². The molecule has 4 aromatic heterocycles. The Morgan fingerprint density at radius 1 is 1.23 bits per heavy atom. The van der Waals surface area contributed by atoms with Crippen LogP contribution >= 0.6 is 0 Å². The van der Waals surface area contributed by atoms with Crippen LogP contribution in [-0.4, -0.2) is 29.7 Å². The van der Waals surface area contributed by atoms with Gasteiger partial charge in [0.05, 0.1) is 28.5 Å². The molecule has 10 heteroatoms. The molecule has 1 unspecified atom stereocenters. The van der Waals surface area contributed by atoms with Gasteiger partial charge in [0.1, 0.15) is 17.5 Å². The van der Waals surface area contributed by atoms with Gasteiger partial charge in [-0.1, -0.05) is 0 Å². The first-order valence-electron chi connectivity index (χ1n) is 9.37. The van der Waals surface area contributed by atoms with E-state index in [9.17, 15) is 5.26 Å². The van der Waals surface area contributed by atoms with Crippen molar-refractivity contribution in [2.45, 2.75) is 26.8 Å². The highest BCUT2D eigenvalue weighted by Gasteiger charge is 2.22. The van der Waals surface area contributed by atoms with E-state index in [1.54, 1.807) is 0 Å². The normalized spacial score (nSPS) is 12.1. The van der Waals surface area contributed by atoms with Crippen LogP contribution in [0.15, 0.2) is 18.3 Å². The van der Waals surface area contributed by atoms with Gasteiger partial charge in [-0.2, -0.15) is 20.3 Å². The lowest BCUT2D eigenvalue weighted by molar-refractivity contribution is 0.838. The topological polar surface area (TPSA) is 160 Å². The summed E-state index contributed by atoms with van der Waals surface area (Å²) in [5.74, 6) is 0.305. The summed E-state index contributed by atoms with van der Waals surface area (Å²) in [6.45, 7) is 5.88. The molecule has 4 heterocycles. The fourth-order valence-electron chi connectivity index (χ4n) is 3.66. The second-order valence-corrected chi connectivity index (χ2v) is 7.23. The van der Waals surface area contributed by atoms with E-state index in [-0.39, 0.29) is 29.2 Å². The molecule has 0 amide bonds. The van der Waals surface area contributed by atoms with E-state index in [4.69, 9.17) is 16.5 Å². The van der Waals surface area contributed by atoms with E-state index < -0.39 is 0 Å². The Labute approximate surface area is 173 Å². The SMILES string of the molecule is Cc1n[nH]c(C)c1-c1cc2c(ccn2C)nc1C(C)Nc1nc(N)nc(N)c1C#N. The van der Waals surface area contributed by atoms with E-state index in [1.807, 2.05) is 50.7 Å². The Morgan fingerprint density at radius 3 is 2.67 bits per heavy atom. The van der Waals surface area contributed by atoms with Crippen LogP contribution in [0.1, 0.15) is 35.6 Å². The van der Waals surface area contributed by atoms with Crippen LogP contribution in [-0.2, 0) is 7.05 Å². The van der Waals surface area contributed by atoms with Crippen molar-refractivity contribution in [3.05, 3.63) is 41.0 Å². The number of nitriles is 1. The predicted octanol–water partition coefficient (Wildman–Crippen LogP) is 2.58. The third-order valence-corrected chi connectivity index (χ3v) is 5.12. The number of H-pyrrole nitrogens is 1. The molecule has 0 aromatic carbocycles. The smallest absolute Gasteiger partial charge is 0.224 e. The average Bonchev–Trinajstić information content (AvgIpc) is 3.22. The Balaban J connectivity index is 1.88. The maximum absolute atomic E-state index is 9.47. The summed E-state index contributed by atoms with van der Waals surface area (Å²) in [5.41, 5.74) is 18.2. The van der Waals surface area contributed by atoms with Crippen molar-refractivity contribution < 1.29 is 0 Å². The third-order valence-electron chi connectivity index (χ3n) is 5.12. The molecule has 0 aliphatic rings. The second-order valence-electron chi connectivity index (χ2n) is 7.23. The van der Waals surface area contributed by atoms with Gasteiger partial charge in [0.25, 0.3) is 0 Å². The fraction of sp³-hybridized carbons (Fsp3) is 0.250. The lowest BCUT2D eigenvalue weighted by Gasteiger charge is -2.19. The molecule has 152 valence electrons. The number of nitrogens with two attached hydrogens (primary N) is 2. The van der Waals surface area contributed by atoms with Gasteiger partial charge in [-0.05, 0) is 32.9 Å². The van der Waals surface area contributed by atoms with Crippen LogP contribution in [0.2, 0.25) is 0 Å². The summed E-state index contributed by atoms with van der Waals surface area (Å²) in [5, 5.41) is 20.1. The predicted molar refractivity (Wildman–Crippen MR) is 115 cm³/mol. The third kappa shape index (κ3) is 3.06. The van der Waals surface area contributed by atoms with Crippen molar-refractivity contribution in [1.82, 2.24) is 29.7 Å². The van der Waals surface area contributed by atoms with Gasteiger partial charge in [0.15, 0.2) is 5.82 Å². The van der Waals surface area contributed by atoms with Crippen molar-refractivity contribution in [2.24, 2.45) is 7.05 Å². The van der Waals surface area contributed by atoms with Crippen molar-refractivity contribution in [1.29, 1.82) is 5.26 Å². The summed E-state index contributed by atoms with van der Waals surface area (Å²) >= 11 is 0. The second kappa shape index (κ2) is 7.04. The molecule has 0 bridgehead atoms. The number of hydrogen-bond donors (Lipinski definition) is 4. The molecule has 0 radical (unpaired) electrons. The number of aromatic amines is 1. The van der Waals surface area contributed by atoms with Crippen LogP contribution in [0.3, 0.4) is 0 Å². The molecular formula is C20H22N10. The van der Waals surface area contributed by atoms with Gasteiger partial charge < -0.3 is 21.4 Å². The highest BCUT2D eigenvalue weighted by atomic mass is 15.1. The minimum absolute atomic E-state index is 0.00517. The fourth-order valence-corrected chi connectivity index (χ4v) is 3.66. The number of pyridine rings is 1. The molecule has 4 rings (SSSR count). The maximum Gasteiger partial charge on any atom is 0.224 e. The van der Waals surface area contributed by atoms with E-state index in [0.717, 1.165) is 39.2 Å². The van der Waals surface area contributed by atoms with Crippen molar-refractivity contribution in [3.8, 4) is 17.2 Å². The molecule has 4 aromatic rings. The van der Waals surface area contributed by atoms with Crippen LogP contribution < -0.4 is 16.8 Å². The molecule has 0 aliphatic carbocycles. The Hall–Kier alpha value is -4.13. The first-order valence-corrected chi connectivity index (χ1v) is 9.37. The van der Waals surface area contributed by atoms with Crippen LogP contribution in [0.5, 0.6) is 0 Å². The number of anilines is 3. The molecule has 10 nitrogen and oxygen atoms in total. The molecule has 1 atom stereocenters. The van der Waals surface area contributed by atoms with Gasteiger partial charge in [-0.25, -0.2) is 4.98 Å². The van der Waals surface area contributed by atoms with Crippen LogP contribution in [0, 0.1) is 25.2 Å². The highest BCUT2D eigenvalue weighted by molar-refractivity contribution is 5.85. The van der Waals surface area contributed by atoms with E-state index in [2.05, 4.69) is 31.5 Å². The summed E-state index contributed by atoms with van der Waals surface area (Å²) in [7, 11) is 1.98. The number of aryl methyl sites for hydroxylation is 3. The molecule has 0 saturated heterocycles. The quantitative estimate of drug-likeness (QED) is 0.405. The van der Waals surface area contributed by atoms with Crippen LogP contribution in [0.4, 0.5) is 17.6 Å². The van der Waals surface area contributed by atoms with Gasteiger partial charge in [0.2, 0.25) is 5.95 Å². The van der Waals surface area contributed by atoms with Crippen LogP contribution in [0.25, 0.3) is 22.2 Å². The van der Waals surface area contributed by atoms with Gasteiger partial charge >= 0.3 is 0 Å². The van der Waals surface area contributed by atoms with Crippen molar-refractivity contribution in [2.75, 3.05) is 16.8 Å². The molecule has 6 N–H and O–H groups in total. The Morgan fingerprint density at radius 2 is 2.00 bits per heavy atom. The summed E-state index contributed by atoms with van der Waals surface area (Å²) in [4.78, 5) is 12.9. The van der Waals surface area contributed by atoms with E-state index in [0.29, 0.717) is 0 Å². The standard InChI is InChI=1S/C20H22N10/c1-9-16(10(2)29-28-9)12-7-15-14(5-6-30(15)4)25-17(12)11(3)24-19-13(8-21)18(22)26-20(23)27-19/h5-7,11H,1-4H3,(H,28,29)(H5,22,23,24,26,27). The van der Waals surface area contributed by atoms with Gasteiger partial charge in [0, 0.05) is 30.1 Å². The zero-order chi connectivity index (χ0) is 21.6. The van der Waals surface area contributed by atoms with E-state index in [1.165, 1.54) is 0 Å². The first-order chi connectivity index (χ1) is 14.3. The number of rotatable bonds is 4. The average molecular weight is 402 g/mol. The monoisotopic (exact) mass is 402 g/mol. The minimum Gasteiger partial charge on any atom is -0.382 e. The number of fused-ring (bicyclic) bond motifs is 1. The minimum atomic E-state index is -0.306. The first kappa shape index (κ1) is 19.2. The maximum atomic E-state index is 9.47. The van der Waals surface area contributed by atoms with Crippen molar-refractivity contribution >= 4 is 28.6 Å². The summed E-state index contributed by atoms with van der Waals surface area (Å²) < 4.78 is 2.03. The Kier molecular flexibility index (Phi) is 4.50. The Bertz CT molecular complexity index is 1290. The number of nitrogens with one attached hydrogen (secondary N) is 2. The number of nitrogens with zero attached hydrogens (tertiary/aromatic N) is 6. The number of aromatic nitrogens is 6. The molecule has 0 spiro atoms. The summed E-state index contributed by atoms with van der Waals surface area (Å²) in [6.07, 6.45) is 1.97. The number of nitrogen functional groups attached to an aromatic ring is 2. The molecule has 30 heavy (non-hydrogen) atoms. The molecule has 0 saturated carbocycles. The van der Waals surface area contributed by atoms with Crippen molar-refractivity contribution in [3.63, 3.8) is 0 Å². The largest absolute Gasteiger partial charge is 0.382 e. The lowest BCUT2D eigenvalue weighted by Crippen LogP contribution is -2.15. The highest BCUT2D eigenvalue weighted by Crippen LogP contribution is 2.35. The molecule has 0 fully saturated rings. The molecular weight excluding hydrogens is 380 g/mol. The molecule has 0 aliphatic heterocycles. The summed E-state index contributed by atoms with van der Waals surface area (Å²) in [6, 6.07) is 5.80.